The van der Waals surface area contributed by atoms with Crippen molar-refractivity contribution in [2.45, 2.75) is 20.0 Å². The number of nitrogens with zero attached hydrogens (tertiary/aromatic N) is 2. The van der Waals surface area contributed by atoms with Gasteiger partial charge in [0.1, 0.15) is 5.84 Å². The number of rotatable bonds is 2. The number of aliphatic imine (C=N–C) groups is 1. The Morgan fingerprint density at radius 2 is 1.87 bits per heavy atom. The second-order valence-electron chi connectivity index (χ2n) is 2.97. The molecular weight excluding hydrogens is 207 g/mol. The predicted molar refractivity (Wildman–Crippen MR) is 54.0 cm³/mol. The van der Waals surface area contributed by atoms with Crippen LogP contribution < -0.4 is 5.84 Å². The van der Waals surface area contributed by atoms with Crippen molar-refractivity contribution in [1.82, 2.24) is 5.01 Å². The van der Waals surface area contributed by atoms with Gasteiger partial charge in [0, 0.05) is 13.2 Å². The molecule has 0 aromatic rings. The van der Waals surface area contributed by atoms with Gasteiger partial charge in [0.05, 0.1) is 5.57 Å². The number of hydrogen-bond donors (Lipinski definition) is 1. The predicted octanol–water partition coefficient (Wildman–Crippen LogP) is 2.23. The number of nitrogens with two attached hydrogens (primary N) is 1. The van der Waals surface area contributed by atoms with Crippen LogP contribution in [-0.2, 0) is 0 Å². The second-order valence-corrected chi connectivity index (χ2v) is 2.97. The highest BCUT2D eigenvalue weighted by Gasteiger charge is 2.32. The van der Waals surface area contributed by atoms with E-state index in [1.54, 1.807) is 6.92 Å². The van der Waals surface area contributed by atoms with Crippen LogP contribution in [0.3, 0.4) is 0 Å². The Kier molecular flexibility index (Phi) is 4.54. The van der Waals surface area contributed by atoms with Gasteiger partial charge in [0.2, 0.25) is 0 Å². The molecule has 0 amide bonds. The van der Waals surface area contributed by atoms with Crippen molar-refractivity contribution in [2.24, 2.45) is 10.8 Å². The quantitative estimate of drug-likeness (QED) is 0.255. The molecule has 0 aliphatic carbocycles. The third kappa shape index (κ3) is 4.16. The minimum absolute atomic E-state index is 0.0481. The minimum Gasteiger partial charge on any atom is -0.275 e. The molecule has 0 aliphatic rings. The van der Waals surface area contributed by atoms with Gasteiger partial charge in [-0.3, -0.25) is 10.0 Å². The molecule has 15 heavy (non-hydrogen) atoms. The zero-order valence-corrected chi connectivity index (χ0v) is 8.89. The first kappa shape index (κ1) is 13.7. The molecule has 0 aromatic carbocycles. The summed E-state index contributed by atoms with van der Waals surface area (Å²) in [5, 5.41) is 1.02. The average Bonchev–Trinajstić information content (AvgIpc) is 2.13. The fourth-order valence-electron chi connectivity index (χ4n) is 0.719. The van der Waals surface area contributed by atoms with Crippen molar-refractivity contribution in [3.8, 4) is 0 Å². The van der Waals surface area contributed by atoms with Gasteiger partial charge >= 0.3 is 6.18 Å². The van der Waals surface area contributed by atoms with Crippen molar-refractivity contribution in [3.63, 3.8) is 0 Å². The van der Waals surface area contributed by atoms with E-state index in [1.807, 2.05) is 0 Å². The lowest BCUT2D eigenvalue weighted by Gasteiger charge is -2.16. The van der Waals surface area contributed by atoms with Crippen molar-refractivity contribution < 1.29 is 13.2 Å². The lowest BCUT2D eigenvalue weighted by Crippen LogP contribution is -2.31. The highest BCUT2D eigenvalue weighted by Crippen LogP contribution is 2.29. The first-order valence-electron chi connectivity index (χ1n) is 4.12. The minimum atomic E-state index is -4.43. The van der Waals surface area contributed by atoms with Gasteiger partial charge in [0.25, 0.3) is 0 Å². The SMILES string of the molecule is C=C(/C(C)=C\N(N)C(C)=NC)C(F)(F)F. The summed E-state index contributed by atoms with van der Waals surface area (Å²) in [6, 6.07) is 0. The van der Waals surface area contributed by atoms with Gasteiger partial charge in [0.15, 0.2) is 0 Å². The smallest absolute Gasteiger partial charge is 0.275 e. The Morgan fingerprint density at radius 3 is 2.20 bits per heavy atom. The van der Waals surface area contributed by atoms with Gasteiger partial charge in [-0.1, -0.05) is 6.58 Å². The molecule has 0 fully saturated rings. The van der Waals surface area contributed by atoms with Gasteiger partial charge in [-0.25, -0.2) is 5.84 Å². The average molecular weight is 221 g/mol. The number of hydrogen-bond acceptors (Lipinski definition) is 2. The second kappa shape index (κ2) is 4.97. The van der Waals surface area contributed by atoms with Crippen LogP contribution >= 0.6 is 0 Å². The van der Waals surface area contributed by atoms with Crippen LogP contribution in [-0.4, -0.2) is 24.1 Å². The Balaban J connectivity index is 4.79. The largest absolute Gasteiger partial charge is 0.416 e. The van der Waals surface area contributed by atoms with Crippen molar-refractivity contribution in [2.75, 3.05) is 7.05 Å². The fourth-order valence-corrected chi connectivity index (χ4v) is 0.719. The van der Waals surface area contributed by atoms with Crippen LogP contribution in [0.1, 0.15) is 13.8 Å². The van der Waals surface area contributed by atoms with E-state index in [4.69, 9.17) is 5.84 Å². The Morgan fingerprint density at radius 1 is 1.40 bits per heavy atom. The van der Waals surface area contributed by atoms with E-state index < -0.39 is 11.7 Å². The fraction of sp³-hybridized carbons (Fsp3) is 0.444. The molecular formula is C9H14F3N3. The molecule has 3 nitrogen and oxygen atoms in total. The number of hydrazine groups is 1. The van der Waals surface area contributed by atoms with Crippen LogP contribution in [0.4, 0.5) is 13.2 Å². The molecule has 0 radical (unpaired) electrons. The van der Waals surface area contributed by atoms with Crippen LogP contribution in [0.2, 0.25) is 0 Å². The van der Waals surface area contributed by atoms with Gasteiger partial charge in [-0.2, -0.15) is 13.2 Å². The topological polar surface area (TPSA) is 41.6 Å². The van der Waals surface area contributed by atoms with Crippen molar-refractivity contribution >= 4 is 5.84 Å². The van der Waals surface area contributed by atoms with E-state index in [0.29, 0.717) is 5.84 Å². The van der Waals surface area contributed by atoms with Crippen molar-refractivity contribution in [3.05, 3.63) is 23.9 Å². The summed E-state index contributed by atoms with van der Waals surface area (Å²) < 4.78 is 36.6. The van der Waals surface area contributed by atoms with E-state index in [2.05, 4.69) is 11.6 Å². The first-order chi connectivity index (χ1) is 6.70. The molecule has 0 bridgehead atoms. The summed E-state index contributed by atoms with van der Waals surface area (Å²) in [5.74, 6) is 5.83. The molecule has 2 N–H and O–H groups in total. The molecule has 0 aliphatic heterocycles. The van der Waals surface area contributed by atoms with Crippen LogP contribution in [0.15, 0.2) is 28.9 Å². The standard InChI is InChI=1S/C9H14F3N3/c1-6(7(2)9(10,11)12)5-15(13)8(3)14-4/h5H,2,13H2,1,3-4H3/b6-5-,14-8?. The highest BCUT2D eigenvalue weighted by atomic mass is 19.4. The van der Waals surface area contributed by atoms with Crippen LogP contribution in [0.5, 0.6) is 0 Å². The van der Waals surface area contributed by atoms with E-state index in [0.717, 1.165) is 11.2 Å². The van der Waals surface area contributed by atoms with E-state index >= 15 is 0 Å². The Hall–Kier alpha value is -1.30. The van der Waals surface area contributed by atoms with E-state index in [-0.39, 0.29) is 5.57 Å². The number of halogens is 3. The lowest BCUT2D eigenvalue weighted by atomic mass is 10.1. The lowest BCUT2D eigenvalue weighted by molar-refractivity contribution is -0.0890. The maximum Gasteiger partial charge on any atom is 0.416 e. The van der Waals surface area contributed by atoms with Crippen LogP contribution in [0, 0.1) is 0 Å². The van der Waals surface area contributed by atoms with Gasteiger partial charge < -0.3 is 0 Å². The molecule has 0 spiro atoms. The summed E-state index contributed by atoms with van der Waals surface area (Å²) in [7, 11) is 1.50. The Labute approximate surface area is 86.7 Å². The van der Waals surface area contributed by atoms with Gasteiger partial charge in [-0.05, 0) is 19.4 Å². The normalized spacial score (nSPS) is 14.1. The highest BCUT2D eigenvalue weighted by molar-refractivity contribution is 5.80. The molecule has 0 saturated heterocycles. The monoisotopic (exact) mass is 221 g/mol. The summed E-state index contributed by atoms with van der Waals surface area (Å²) in [6.45, 7) is 5.82. The maximum atomic E-state index is 12.2. The summed E-state index contributed by atoms with van der Waals surface area (Å²) in [5.41, 5.74) is -0.963. The molecule has 0 heterocycles. The molecule has 0 aromatic heterocycles. The number of amidine groups is 1. The third-order valence-corrected chi connectivity index (χ3v) is 1.85. The zero-order valence-electron chi connectivity index (χ0n) is 8.89. The molecule has 0 rings (SSSR count). The zero-order chi connectivity index (χ0) is 12.2. The number of alkyl halides is 3. The van der Waals surface area contributed by atoms with Gasteiger partial charge in [-0.15, -0.1) is 0 Å². The molecule has 0 atom stereocenters. The first-order valence-corrected chi connectivity index (χ1v) is 4.12. The van der Waals surface area contributed by atoms with E-state index in [1.165, 1.54) is 14.0 Å². The molecule has 0 unspecified atom stereocenters. The van der Waals surface area contributed by atoms with Crippen LogP contribution in [0.25, 0.3) is 0 Å². The summed E-state index contributed by atoms with van der Waals surface area (Å²) in [4.78, 5) is 3.73. The summed E-state index contributed by atoms with van der Waals surface area (Å²) in [6.07, 6.45) is -3.29. The maximum absolute atomic E-state index is 12.2. The van der Waals surface area contributed by atoms with E-state index in [9.17, 15) is 13.2 Å². The molecule has 6 heteroatoms. The molecule has 0 saturated carbocycles. The third-order valence-electron chi connectivity index (χ3n) is 1.85. The Bertz CT molecular complexity index is 302. The van der Waals surface area contributed by atoms with Crippen molar-refractivity contribution in [1.29, 1.82) is 0 Å². The number of allylic oxidation sites excluding steroid dienone is 2. The molecule has 86 valence electrons. The summed E-state index contributed by atoms with van der Waals surface area (Å²) >= 11 is 0.